The third-order valence-electron chi connectivity index (χ3n) is 5.01. The lowest BCUT2D eigenvalue weighted by atomic mass is 10.1. The highest BCUT2D eigenvalue weighted by molar-refractivity contribution is 14.1. The molecule has 1 heterocycles. The van der Waals surface area contributed by atoms with Crippen LogP contribution in [-0.4, -0.2) is 23.1 Å². The Labute approximate surface area is 204 Å². The number of nitrogens with one attached hydrogen (secondary N) is 2. The standard InChI is InChI=1S/C24H20IN3O3S/c1-13-9-18-21(10-14(13)2)31-23(26-18)16-7-8-20(30-3)19(12-16)27-24(32)28-22(29)15-5-4-6-17(25)11-15/h4-12H,1-3H3,(H2,27,28,29,32). The number of anilines is 1. The summed E-state index contributed by atoms with van der Waals surface area (Å²) >= 11 is 7.51. The Hall–Kier alpha value is -2.98. The molecule has 1 aromatic heterocycles. The number of hydrogen-bond acceptors (Lipinski definition) is 5. The highest BCUT2D eigenvalue weighted by atomic mass is 127. The monoisotopic (exact) mass is 557 g/mol. The summed E-state index contributed by atoms with van der Waals surface area (Å²) in [7, 11) is 1.57. The molecule has 0 radical (unpaired) electrons. The number of halogens is 1. The van der Waals surface area contributed by atoms with E-state index in [4.69, 9.17) is 21.4 Å². The molecule has 1 amide bonds. The van der Waals surface area contributed by atoms with Gasteiger partial charge in [0.05, 0.1) is 12.8 Å². The summed E-state index contributed by atoms with van der Waals surface area (Å²) in [5.74, 6) is 0.771. The van der Waals surface area contributed by atoms with Crippen LogP contribution in [0.5, 0.6) is 5.75 Å². The quantitative estimate of drug-likeness (QED) is 0.242. The van der Waals surface area contributed by atoms with Gasteiger partial charge in [0.1, 0.15) is 11.3 Å². The number of ether oxygens (including phenoxy) is 1. The van der Waals surface area contributed by atoms with Gasteiger partial charge in [0.25, 0.3) is 5.91 Å². The van der Waals surface area contributed by atoms with Crippen molar-refractivity contribution in [2.24, 2.45) is 0 Å². The van der Waals surface area contributed by atoms with E-state index in [0.717, 1.165) is 31.4 Å². The summed E-state index contributed by atoms with van der Waals surface area (Å²) < 4.78 is 12.4. The zero-order valence-electron chi connectivity index (χ0n) is 17.7. The van der Waals surface area contributed by atoms with Gasteiger partial charge < -0.3 is 14.5 Å². The number of oxazole rings is 1. The van der Waals surface area contributed by atoms with Gasteiger partial charge in [-0.15, -0.1) is 0 Å². The first-order valence-corrected chi connectivity index (χ1v) is 11.3. The topological polar surface area (TPSA) is 76.4 Å². The molecule has 0 atom stereocenters. The number of aryl methyl sites for hydroxylation is 2. The van der Waals surface area contributed by atoms with E-state index in [1.54, 1.807) is 25.3 Å². The van der Waals surface area contributed by atoms with Crippen LogP contribution in [0.25, 0.3) is 22.6 Å². The third kappa shape index (κ3) is 4.76. The molecule has 0 aliphatic carbocycles. The first kappa shape index (κ1) is 22.2. The van der Waals surface area contributed by atoms with E-state index in [1.165, 1.54) is 0 Å². The number of carbonyl (C=O) groups is 1. The van der Waals surface area contributed by atoms with Gasteiger partial charge in [0.2, 0.25) is 5.89 Å². The van der Waals surface area contributed by atoms with Crippen LogP contribution < -0.4 is 15.4 Å². The number of amides is 1. The highest BCUT2D eigenvalue weighted by Gasteiger charge is 2.14. The molecule has 3 aromatic carbocycles. The number of aromatic nitrogens is 1. The van der Waals surface area contributed by atoms with Gasteiger partial charge in [-0.2, -0.15) is 0 Å². The zero-order valence-corrected chi connectivity index (χ0v) is 20.6. The third-order valence-corrected chi connectivity index (χ3v) is 5.89. The molecule has 0 aliphatic rings. The number of fused-ring (bicyclic) bond motifs is 1. The highest BCUT2D eigenvalue weighted by Crippen LogP contribution is 2.32. The van der Waals surface area contributed by atoms with E-state index in [1.807, 2.05) is 50.2 Å². The molecule has 32 heavy (non-hydrogen) atoms. The van der Waals surface area contributed by atoms with E-state index in [0.29, 0.717) is 22.9 Å². The molecule has 162 valence electrons. The summed E-state index contributed by atoms with van der Waals surface area (Å²) in [4.78, 5) is 17.1. The Morgan fingerprint density at radius 2 is 1.88 bits per heavy atom. The Morgan fingerprint density at radius 3 is 2.62 bits per heavy atom. The summed E-state index contributed by atoms with van der Waals surface area (Å²) in [6.07, 6.45) is 0. The van der Waals surface area contributed by atoms with E-state index in [2.05, 4.69) is 38.2 Å². The van der Waals surface area contributed by atoms with Crippen LogP contribution in [-0.2, 0) is 0 Å². The smallest absolute Gasteiger partial charge is 0.257 e. The maximum atomic E-state index is 12.5. The molecule has 0 saturated heterocycles. The maximum absolute atomic E-state index is 12.5. The molecule has 2 N–H and O–H groups in total. The predicted octanol–water partition coefficient (Wildman–Crippen LogP) is 5.85. The minimum Gasteiger partial charge on any atom is -0.495 e. The van der Waals surface area contributed by atoms with Crippen molar-refractivity contribution in [3.63, 3.8) is 0 Å². The molecule has 0 unspecified atom stereocenters. The average molecular weight is 557 g/mol. The van der Waals surface area contributed by atoms with Gasteiger partial charge in [0, 0.05) is 14.7 Å². The Balaban J connectivity index is 1.58. The van der Waals surface area contributed by atoms with Gasteiger partial charge in [0.15, 0.2) is 10.7 Å². The molecular formula is C24H20IN3O3S. The summed E-state index contributed by atoms with van der Waals surface area (Å²) in [5.41, 5.74) is 5.70. The van der Waals surface area contributed by atoms with Crippen molar-refractivity contribution in [1.29, 1.82) is 0 Å². The molecule has 6 nitrogen and oxygen atoms in total. The molecule has 4 rings (SSSR count). The van der Waals surface area contributed by atoms with Crippen molar-refractivity contribution >= 4 is 62.6 Å². The van der Waals surface area contributed by atoms with Crippen LogP contribution in [0.3, 0.4) is 0 Å². The van der Waals surface area contributed by atoms with E-state index >= 15 is 0 Å². The van der Waals surface area contributed by atoms with Crippen LogP contribution in [0.1, 0.15) is 21.5 Å². The first-order chi connectivity index (χ1) is 15.3. The Morgan fingerprint density at radius 1 is 1.09 bits per heavy atom. The van der Waals surface area contributed by atoms with E-state index in [-0.39, 0.29) is 11.0 Å². The van der Waals surface area contributed by atoms with Gasteiger partial charge >= 0.3 is 0 Å². The van der Waals surface area contributed by atoms with E-state index < -0.39 is 0 Å². The lowest BCUT2D eigenvalue weighted by Crippen LogP contribution is -2.34. The van der Waals surface area contributed by atoms with Gasteiger partial charge in [-0.3, -0.25) is 10.1 Å². The largest absolute Gasteiger partial charge is 0.495 e. The van der Waals surface area contributed by atoms with Crippen LogP contribution in [0, 0.1) is 17.4 Å². The lowest BCUT2D eigenvalue weighted by molar-refractivity contribution is 0.0977. The SMILES string of the molecule is COc1ccc(-c2nc3cc(C)c(C)cc3o2)cc1NC(=S)NC(=O)c1cccc(I)c1. The summed E-state index contributed by atoms with van der Waals surface area (Å²) in [6, 6.07) is 16.7. The number of hydrogen-bond donors (Lipinski definition) is 2. The lowest BCUT2D eigenvalue weighted by Gasteiger charge is -2.13. The van der Waals surface area contributed by atoms with Crippen LogP contribution in [0.15, 0.2) is 59.0 Å². The van der Waals surface area contributed by atoms with Crippen molar-refractivity contribution in [2.75, 3.05) is 12.4 Å². The fourth-order valence-corrected chi connectivity index (χ4v) is 3.95. The number of nitrogens with zero attached hydrogens (tertiary/aromatic N) is 1. The molecular weight excluding hydrogens is 537 g/mol. The fourth-order valence-electron chi connectivity index (χ4n) is 3.20. The van der Waals surface area contributed by atoms with E-state index in [9.17, 15) is 4.79 Å². The molecule has 8 heteroatoms. The number of benzene rings is 3. The van der Waals surface area contributed by atoms with Crippen LogP contribution in [0.4, 0.5) is 5.69 Å². The van der Waals surface area contributed by atoms with Gasteiger partial charge in [-0.25, -0.2) is 4.98 Å². The van der Waals surface area contributed by atoms with Crippen molar-refractivity contribution in [2.45, 2.75) is 13.8 Å². The first-order valence-electron chi connectivity index (χ1n) is 9.78. The molecule has 0 spiro atoms. The predicted molar refractivity (Wildman–Crippen MR) is 138 cm³/mol. The minimum absolute atomic E-state index is 0.160. The molecule has 0 aliphatic heterocycles. The maximum Gasteiger partial charge on any atom is 0.257 e. The molecule has 4 aromatic rings. The summed E-state index contributed by atoms with van der Waals surface area (Å²) in [5, 5.41) is 5.90. The molecule has 0 fully saturated rings. The zero-order chi connectivity index (χ0) is 22.8. The van der Waals surface area contributed by atoms with Crippen molar-refractivity contribution < 1.29 is 13.9 Å². The van der Waals surface area contributed by atoms with Gasteiger partial charge in [-0.1, -0.05) is 6.07 Å². The average Bonchev–Trinajstić information content (AvgIpc) is 3.16. The number of carbonyl (C=O) groups excluding carboxylic acids is 1. The molecule has 0 saturated carbocycles. The van der Waals surface area contributed by atoms with Crippen molar-refractivity contribution in [3.05, 3.63) is 74.9 Å². The van der Waals surface area contributed by atoms with Crippen molar-refractivity contribution in [3.8, 4) is 17.2 Å². The minimum atomic E-state index is -0.291. The van der Waals surface area contributed by atoms with Gasteiger partial charge in [-0.05, 0) is 108 Å². The second-order valence-electron chi connectivity index (χ2n) is 7.26. The summed E-state index contributed by atoms with van der Waals surface area (Å²) in [6.45, 7) is 4.09. The number of thiocarbonyl (C=S) groups is 1. The normalized spacial score (nSPS) is 10.8. The second kappa shape index (κ2) is 9.25. The number of methoxy groups -OCH3 is 1. The number of rotatable bonds is 4. The second-order valence-corrected chi connectivity index (χ2v) is 8.91. The Kier molecular flexibility index (Phi) is 6.43. The Bertz CT molecular complexity index is 1310. The van der Waals surface area contributed by atoms with Crippen LogP contribution >= 0.6 is 34.8 Å². The van der Waals surface area contributed by atoms with Crippen LogP contribution in [0.2, 0.25) is 0 Å². The fraction of sp³-hybridized carbons (Fsp3) is 0.125. The molecule has 0 bridgehead atoms. The van der Waals surface area contributed by atoms with Crippen molar-refractivity contribution in [1.82, 2.24) is 10.3 Å².